The summed E-state index contributed by atoms with van der Waals surface area (Å²) in [7, 11) is -3.69. The second-order valence-corrected chi connectivity index (χ2v) is 7.21. The van der Waals surface area contributed by atoms with Crippen LogP contribution in [0.4, 0.5) is 4.39 Å². The standard InChI is InChI=1S/C18H23FN4O2S/c1-2-21-18(22-12-11-15-5-3-4-6-17(15)19)23-13-14-7-9-16(10-8-14)26(20,24)25/h3-10H,2,11-13H2,1H3,(H2,20,24,25)(H2,21,22,23). The number of benzene rings is 2. The van der Waals surface area contributed by atoms with Gasteiger partial charge in [0.15, 0.2) is 5.96 Å². The molecular formula is C18H23FN4O2S. The van der Waals surface area contributed by atoms with Crippen LogP contribution in [0.2, 0.25) is 0 Å². The van der Waals surface area contributed by atoms with Gasteiger partial charge in [0.05, 0.1) is 11.4 Å². The van der Waals surface area contributed by atoms with Gasteiger partial charge < -0.3 is 10.6 Å². The molecule has 0 aromatic heterocycles. The van der Waals surface area contributed by atoms with Crippen LogP contribution in [0.1, 0.15) is 18.1 Å². The summed E-state index contributed by atoms with van der Waals surface area (Å²) >= 11 is 0. The lowest BCUT2D eigenvalue weighted by atomic mass is 10.1. The fourth-order valence-corrected chi connectivity index (χ4v) is 2.83. The highest BCUT2D eigenvalue weighted by Crippen LogP contribution is 2.09. The Morgan fingerprint density at radius 1 is 1.12 bits per heavy atom. The van der Waals surface area contributed by atoms with Crippen molar-refractivity contribution in [2.75, 3.05) is 13.1 Å². The lowest BCUT2D eigenvalue weighted by Crippen LogP contribution is -2.38. The maximum absolute atomic E-state index is 13.6. The lowest BCUT2D eigenvalue weighted by Gasteiger charge is -2.11. The Morgan fingerprint density at radius 3 is 2.42 bits per heavy atom. The Kier molecular flexibility index (Phi) is 7.11. The number of nitrogens with one attached hydrogen (secondary N) is 2. The van der Waals surface area contributed by atoms with Crippen LogP contribution in [0.5, 0.6) is 0 Å². The van der Waals surface area contributed by atoms with Gasteiger partial charge in [0.1, 0.15) is 5.82 Å². The number of primary sulfonamides is 1. The first-order valence-corrected chi connectivity index (χ1v) is 9.82. The van der Waals surface area contributed by atoms with Gasteiger partial charge in [-0.1, -0.05) is 30.3 Å². The second-order valence-electron chi connectivity index (χ2n) is 5.65. The molecule has 2 rings (SSSR count). The zero-order valence-electron chi connectivity index (χ0n) is 14.6. The van der Waals surface area contributed by atoms with E-state index >= 15 is 0 Å². The van der Waals surface area contributed by atoms with Crippen molar-refractivity contribution < 1.29 is 12.8 Å². The number of rotatable bonds is 7. The van der Waals surface area contributed by atoms with Crippen molar-refractivity contribution >= 4 is 16.0 Å². The molecule has 0 fully saturated rings. The highest BCUT2D eigenvalue weighted by molar-refractivity contribution is 7.89. The molecule has 0 saturated carbocycles. The van der Waals surface area contributed by atoms with Gasteiger partial charge in [-0.05, 0) is 42.7 Å². The third-order valence-corrected chi connectivity index (χ3v) is 4.59. The Hall–Kier alpha value is -2.45. The number of sulfonamides is 1. The van der Waals surface area contributed by atoms with Gasteiger partial charge in [0, 0.05) is 13.1 Å². The van der Waals surface area contributed by atoms with Crippen LogP contribution in [-0.2, 0) is 23.0 Å². The van der Waals surface area contributed by atoms with E-state index in [9.17, 15) is 12.8 Å². The molecule has 0 amide bonds. The van der Waals surface area contributed by atoms with E-state index in [0.717, 1.165) is 5.56 Å². The Morgan fingerprint density at radius 2 is 1.81 bits per heavy atom. The number of hydrogen-bond donors (Lipinski definition) is 3. The fourth-order valence-electron chi connectivity index (χ4n) is 2.31. The number of halogens is 1. The molecule has 4 N–H and O–H groups in total. The molecule has 8 heteroatoms. The summed E-state index contributed by atoms with van der Waals surface area (Å²) in [6.45, 7) is 3.56. The molecule has 0 heterocycles. The second kappa shape index (κ2) is 9.30. The molecule has 0 atom stereocenters. The average Bonchev–Trinajstić information content (AvgIpc) is 2.61. The van der Waals surface area contributed by atoms with Crippen LogP contribution in [0.3, 0.4) is 0 Å². The fraction of sp³-hybridized carbons (Fsp3) is 0.278. The van der Waals surface area contributed by atoms with Crippen molar-refractivity contribution in [3.05, 3.63) is 65.5 Å². The lowest BCUT2D eigenvalue weighted by molar-refractivity contribution is 0.597. The molecule has 2 aromatic carbocycles. The summed E-state index contributed by atoms with van der Waals surface area (Å²) < 4.78 is 36.1. The van der Waals surface area contributed by atoms with Gasteiger partial charge in [0.25, 0.3) is 0 Å². The van der Waals surface area contributed by atoms with E-state index in [1.165, 1.54) is 18.2 Å². The van der Waals surface area contributed by atoms with Gasteiger partial charge in [-0.3, -0.25) is 0 Å². The topological polar surface area (TPSA) is 96.6 Å². The van der Waals surface area contributed by atoms with Crippen molar-refractivity contribution in [3.8, 4) is 0 Å². The number of hydrogen-bond acceptors (Lipinski definition) is 3. The zero-order valence-corrected chi connectivity index (χ0v) is 15.4. The Balaban J connectivity index is 1.94. The van der Waals surface area contributed by atoms with E-state index in [0.29, 0.717) is 37.6 Å². The van der Waals surface area contributed by atoms with Crippen LogP contribution in [0.25, 0.3) is 0 Å². The van der Waals surface area contributed by atoms with Crippen molar-refractivity contribution in [1.29, 1.82) is 0 Å². The van der Waals surface area contributed by atoms with E-state index < -0.39 is 10.0 Å². The van der Waals surface area contributed by atoms with E-state index in [4.69, 9.17) is 5.14 Å². The van der Waals surface area contributed by atoms with E-state index in [1.54, 1.807) is 24.3 Å². The summed E-state index contributed by atoms with van der Waals surface area (Å²) in [6.07, 6.45) is 0.542. The average molecular weight is 378 g/mol. The molecule has 0 radical (unpaired) electrons. The quantitative estimate of drug-likeness (QED) is 0.505. The summed E-state index contributed by atoms with van der Waals surface area (Å²) in [5.74, 6) is 0.394. The maximum atomic E-state index is 13.6. The first-order valence-electron chi connectivity index (χ1n) is 8.27. The van der Waals surface area contributed by atoms with Gasteiger partial charge in [-0.2, -0.15) is 0 Å². The Bertz CT molecular complexity index is 852. The summed E-state index contributed by atoms with van der Waals surface area (Å²) in [6, 6.07) is 12.9. The van der Waals surface area contributed by atoms with E-state index in [1.807, 2.05) is 13.0 Å². The predicted molar refractivity (Wildman–Crippen MR) is 101 cm³/mol. The molecule has 0 spiro atoms. The van der Waals surface area contributed by atoms with Crippen LogP contribution >= 0.6 is 0 Å². The number of nitrogens with zero attached hydrogens (tertiary/aromatic N) is 1. The maximum Gasteiger partial charge on any atom is 0.238 e. The van der Waals surface area contributed by atoms with Crippen LogP contribution in [0, 0.1) is 5.82 Å². The molecular weight excluding hydrogens is 355 g/mol. The van der Waals surface area contributed by atoms with E-state index in [-0.39, 0.29) is 10.7 Å². The molecule has 0 aliphatic heterocycles. The minimum absolute atomic E-state index is 0.0696. The molecule has 0 bridgehead atoms. The number of guanidine groups is 1. The number of aliphatic imine (C=N–C) groups is 1. The first-order chi connectivity index (χ1) is 12.4. The minimum atomic E-state index is -3.69. The van der Waals surface area contributed by atoms with Gasteiger partial charge in [0.2, 0.25) is 10.0 Å². The summed E-state index contributed by atoms with van der Waals surface area (Å²) in [5, 5.41) is 11.4. The van der Waals surface area contributed by atoms with E-state index in [2.05, 4.69) is 15.6 Å². The van der Waals surface area contributed by atoms with Crippen molar-refractivity contribution in [1.82, 2.24) is 10.6 Å². The highest BCUT2D eigenvalue weighted by atomic mass is 32.2. The SMILES string of the molecule is CCNC(=NCc1ccc(S(N)(=O)=O)cc1)NCCc1ccccc1F. The molecule has 0 saturated heterocycles. The van der Waals surface area contributed by atoms with Gasteiger partial charge in [-0.15, -0.1) is 0 Å². The molecule has 0 aliphatic rings. The van der Waals surface area contributed by atoms with Crippen molar-refractivity contribution in [3.63, 3.8) is 0 Å². The third-order valence-electron chi connectivity index (χ3n) is 3.66. The summed E-state index contributed by atoms with van der Waals surface area (Å²) in [4.78, 5) is 4.52. The molecule has 2 aromatic rings. The van der Waals surface area contributed by atoms with Crippen LogP contribution < -0.4 is 15.8 Å². The summed E-state index contributed by atoms with van der Waals surface area (Å²) in [5.41, 5.74) is 1.50. The van der Waals surface area contributed by atoms with Gasteiger partial charge in [-0.25, -0.2) is 22.9 Å². The molecule has 140 valence electrons. The normalized spacial score (nSPS) is 12.0. The van der Waals surface area contributed by atoms with Gasteiger partial charge >= 0.3 is 0 Å². The minimum Gasteiger partial charge on any atom is -0.357 e. The van der Waals surface area contributed by atoms with Crippen LogP contribution in [0.15, 0.2) is 58.4 Å². The van der Waals surface area contributed by atoms with Crippen LogP contribution in [-0.4, -0.2) is 27.5 Å². The predicted octanol–water partition coefficient (Wildman–Crippen LogP) is 1.77. The highest BCUT2D eigenvalue weighted by Gasteiger charge is 2.07. The monoisotopic (exact) mass is 378 g/mol. The molecule has 6 nitrogen and oxygen atoms in total. The molecule has 0 aliphatic carbocycles. The third kappa shape index (κ3) is 6.12. The van der Waals surface area contributed by atoms with Crippen molar-refractivity contribution in [2.45, 2.75) is 24.8 Å². The molecule has 0 unspecified atom stereocenters. The first kappa shape index (κ1) is 19.9. The zero-order chi connectivity index (χ0) is 19.0. The van der Waals surface area contributed by atoms with Crippen molar-refractivity contribution in [2.24, 2.45) is 10.1 Å². The largest absolute Gasteiger partial charge is 0.357 e. The number of nitrogens with two attached hydrogens (primary N) is 1. The Labute approximate surface area is 153 Å². The molecule has 26 heavy (non-hydrogen) atoms. The smallest absolute Gasteiger partial charge is 0.238 e.